The van der Waals surface area contributed by atoms with Crippen molar-refractivity contribution in [2.24, 2.45) is 0 Å². The molecule has 0 bridgehead atoms. The molecule has 30 heavy (non-hydrogen) atoms. The standard InChI is InChI=1S/C21H22N4O5/c1-13(2)24(21(26)16-9-10-18(29-4)17(11-16)25(27)28)12-19-22-20(23-30-19)15-7-5-14(3)6-8-15/h5-11,13H,12H2,1-4H3. The van der Waals surface area contributed by atoms with Crippen LogP contribution < -0.4 is 4.74 Å². The third kappa shape index (κ3) is 4.45. The Hall–Kier alpha value is -3.75. The normalized spacial score (nSPS) is 10.8. The molecule has 9 nitrogen and oxygen atoms in total. The van der Waals surface area contributed by atoms with Gasteiger partial charge in [-0.15, -0.1) is 0 Å². The molecule has 3 aromatic rings. The summed E-state index contributed by atoms with van der Waals surface area (Å²) in [5.74, 6) is 0.412. The maximum absolute atomic E-state index is 13.1. The second-order valence-electron chi connectivity index (χ2n) is 7.05. The lowest BCUT2D eigenvalue weighted by molar-refractivity contribution is -0.385. The first kappa shape index (κ1) is 21.0. The number of aryl methyl sites for hydroxylation is 1. The number of nitro benzene ring substituents is 1. The van der Waals surface area contributed by atoms with Crippen molar-refractivity contribution >= 4 is 11.6 Å². The van der Waals surface area contributed by atoms with Crippen LogP contribution in [0.5, 0.6) is 5.75 Å². The minimum Gasteiger partial charge on any atom is -0.490 e. The third-order valence-electron chi connectivity index (χ3n) is 4.59. The molecule has 3 rings (SSSR count). The van der Waals surface area contributed by atoms with Crippen LogP contribution in [0, 0.1) is 17.0 Å². The minimum atomic E-state index is -0.582. The number of carbonyl (C=O) groups excluding carboxylic acids is 1. The number of nitrogens with zero attached hydrogens (tertiary/aromatic N) is 4. The molecule has 0 aliphatic rings. The second kappa shape index (κ2) is 8.73. The lowest BCUT2D eigenvalue weighted by Crippen LogP contribution is -2.36. The maximum Gasteiger partial charge on any atom is 0.311 e. The topological polar surface area (TPSA) is 112 Å². The van der Waals surface area contributed by atoms with Crippen LogP contribution >= 0.6 is 0 Å². The first-order valence-corrected chi connectivity index (χ1v) is 9.33. The number of rotatable bonds is 7. The van der Waals surface area contributed by atoms with Crippen molar-refractivity contribution < 1.29 is 19.0 Å². The van der Waals surface area contributed by atoms with Gasteiger partial charge >= 0.3 is 5.69 Å². The Morgan fingerprint density at radius 3 is 2.53 bits per heavy atom. The Kier molecular flexibility index (Phi) is 6.10. The molecule has 0 fully saturated rings. The van der Waals surface area contributed by atoms with Gasteiger partial charge in [0.15, 0.2) is 5.75 Å². The molecule has 0 N–H and O–H groups in total. The van der Waals surface area contributed by atoms with Gasteiger partial charge in [0.2, 0.25) is 11.7 Å². The Labute approximate surface area is 173 Å². The number of nitro groups is 1. The Morgan fingerprint density at radius 2 is 1.93 bits per heavy atom. The number of hydrogen-bond donors (Lipinski definition) is 0. The van der Waals surface area contributed by atoms with Gasteiger partial charge in [0.25, 0.3) is 5.91 Å². The van der Waals surface area contributed by atoms with Gasteiger partial charge in [-0.3, -0.25) is 14.9 Å². The summed E-state index contributed by atoms with van der Waals surface area (Å²) < 4.78 is 10.3. The van der Waals surface area contributed by atoms with E-state index in [1.165, 1.54) is 30.2 Å². The Balaban J connectivity index is 1.85. The molecule has 9 heteroatoms. The first-order valence-electron chi connectivity index (χ1n) is 9.33. The van der Waals surface area contributed by atoms with E-state index in [-0.39, 0.29) is 41.4 Å². The SMILES string of the molecule is COc1ccc(C(=O)N(Cc2nc(-c3ccc(C)cc3)no2)C(C)C)cc1[N+](=O)[O-]. The molecule has 0 aliphatic heterocycles. The summed E-state index contributed by atoms with van der Waals surface area (Å²) in [5, 5.41) is 15.3. The van der Waals surface area contributed by atoms with Gasteiger partial charge in [0.1, 0.15) is 6.54 Å². The fourth-order valence-corrected chi connectivity index (χ4v) is 2.91. The molecule has 0 saturated carbocycles. The molecule has 0 radical (unpaired) electrons. The van der Waals surface area contributed by atoms with Crippen LogP contribution in [0.4, 0.5) is 5.69 Å². The highest BCUT2D eigenvalue weighted by Crippen LogP contribution is 2.28. The lowest BCUT2D eigenvalue weighted by Gasteiger charge is -2.25. The van der Waals surface area contributed by atoms with Gasteiger partial charge in [-0.25, -0.2) is 0 Å². The van der Waals surface area contributed by atoms with E-state index in [1.807, 2.05) is 45.0 Å². The van der Waals surface area contributed by atoms with Crippen molar-refractivity contribution in [3.63, 3.8) is 0 Å². The molecule has 0 spiro atoms. The first-order chi connectivity index (χ1) is 14.3. The Morgan fingerprint density at radius 1 is 1.23 bits per heavy atom. The van der Waals surface area contributed by atoms with E-state index >= 15 is 0 Å². The molecule has 156 valence electrons. The third-order valence-corrected chi connectivity index (χ3v) is 4.59. The summed E-state index contributed by atoms with van der Waals surface area (Å²) in [6, 6.07) is 11.6. The highest BCUT2D eigenvalue weighted by molar-refractivity contribution is 5.95. The quantitative estimate of drug-likeness (QED) is 0.427. The van der Waals surface area contributed by atoms with Crippen molar-refractivity contribution in [2.45, 2.75) is 33.4 Å². The van der Waals surface area contributed by atoms with Crippen molar-refractivity contribution in [1.29, 1.82) is 0 Å². The number of benzene rings is 2. The van der Waals surface area contributed by atoms with E-state index < -0.39 is 4.92 Å². The molecule has 0 atom stereocenters. The average Bonchev–Trinajstić information content (AvgIpc) is 3.20. The molecule has 0 saturated heterocycles. The number of methoxy groups -OCH3 is 1. The van der Waals surface area contributed by atoms with Crippen molar-refractivity contribution in [1.82, 2.24) is 15.0 Å². The molecule has 1 aromatic heterocycles. The summed E-state index contributed by atoms with van der Waals surface area (Å²) >= 11 is 0. The molecule has 1 amide bonds. The fraction of sp³-hybridized carbons (Fsp3) is 0.286. The smallest absolute Gasteiger partial charge is 0.311 e. The van der Waals surface area contributed by atoms with E-state index in [1.54, 1.807) is 0 Å². The van der Waals surface area contributed by atoms with Crippen LogP contribution in [0.1, 0.15) is 35.7 Å². The summed E-state index contributed by atoms with van der Waals surface area (Å²) in [5.41, 5.74) is 1.83. The van der Waals surface area contributed by atoms with E-state index in [2.05, 4.69) is 10.1 Å². The van der Waals surface area contributed by atoms with E-state index in [9.17, 15) is 14.9 Å². The highest BCUT2D eigenvalue weighted by atomic mass is 16.6. The van der Waals surface area contributed by atoms with Crippen LogP contribution in [0.25, 0.3) is 11.4 Å². The van der Waals surface area contributed by atoms with Gasteiger partial charge in [-0.05, 0) is 32.9 Å². The number of carbonyl (C=O) groups is 1. The molecular formula is C21H22N4O5. The van der Waals surface area contributed by atoms with Crippen LogP contribution in [-0.2, 0) is 6.54 Å². The predicted octanol–water partition coefficient (Wildman–Crippen LogP) is 4.01. The zero-order valence-corrected chi connectivity index (χ0v) is 17.2. The van der Waals surface area contributed by atoms with Gasteiger partial charge in [-0.1, -0.05) is 35.0 Å². The van der Waals surface area contributed by atoms with Crippen molar-refractivity contribution in [3.05, 3.63) is 69.6 Å². The summed E-state index contributed by atoms with van der Waals surface area (Å²) in [4.78, 5) is 29.6. The molecule has 1 heterocycles. The number of amides is 1. The molecule has 0 unspecified atom stereocenters. The zero-order chi connectivity index (χ0) is 21.8. The number of ether oxygens (including phenoxy) is 1. The number of hydrogen-bond acceptors (Lipinski definition) is 7. The highest BCUT2D eigenvalue weighted by Gasteiger charge is 2.25. The largest absolute Gasteiger partial charge is 0.490 e. The van der Waals surface area contributed by atoms with Crippen LogP contribution in [0.15, 0.2) is 47.0 Å². The predicted molar refractivity (Wildman–Crippen MR) is 109 cm³/mol. The van der Waals surface area contributed by atoms with Gasteiger partial charge < -0.3 is 14.2 Å². The van der Waals surface area contributed by atoms with E-state index in [4.69, 9.17) is 9.26 Å². The summed E-state index contributed by atoms with van der Waals surface area (Å²) in [6.45, 7) is 5.75. The average molecular weight is 410 g/mol. The monoisotopic (exact) mass is 410 g/mol. The maximum atomic E-state index is 13.1. The fourth-order valence-electron chi connectivity index (χ4n) is 2.91. The molecule has 2 aromatic carbocycles. The van der Waals surface area contributed by atoms with E-state index in [0.29, 0.717) is 5.82 Å². The molecule has 0 aliphatic carbocycles. The molecular weight excluding hydrogens is 388 g/mol. The summed E-state index contributed by atoms with van der Waals surface area (Å²) in [7, 11) is 1.34. The van der Waals surface area contributed by atoms with Crippen molar-refractivity contribution in [3.8, 4) is 17.1 Å². The van der Waals surface area contributed by atoms with Crippen molar-refractivity contribution in [2.75, 3.05) is 7.11 Å². The second-order valence-corrected chi connectivity index (χ2v) is 7.05. The van der Waals surface area contributed by atoms with E-state index in [0.717, 1.165) is 11.1 Å². The van der Waals surface area contributed by atoms with Crippen LogP contribution in [-0.4, -0.2) is 39.0 Å². The van der Waals surface area contributed by atoms with Gasteiger partial charge in [0, 0.05) is 23.2 Å². The summed E-state index contributed by atoms with van der Waals surface area (Å²) in [6.07, 6.45) is 0. The van der Waals surface area contributed by atoms with Gasteiger partial charge in [-0.2, -0.15) is 4.98 Å². The Bertz CT molecular complexity index is 1060. The zero-order valence-electron chi connectivity index (χ0n) is 17.2. The van der Waals surface area contributed by atoms with Crippen LogP contribution in [0.2, 0.25) is 0 Å². The van der Waals surface area contributed by atoms with Gasteiger partial charge in [0.05, 0.1) is 12.0 Å². The van der Waals surface area contributed by atoms with Crippen LogP contribution in [0.3, 0.4) is 0 Å². The minimum absolute atomic E-state index is 0.0786. The lowest BCUT2D eigenvalue weighted by atomic mass is 10.1. The number of aromatic nitrogens is 2.